The predicted molar refractivity (Wildman–Crippen MR) is 107 cm³/mol. The number of rotatable bonds is 11. The van der Waals surface area contributed by atoms with Crippen molar-refractivity contribution in [1.29, 1.82) is 0 Å². The van der Waals surface area contributed by atoms with Gasteiger partial charge < -0.3 is 14.6 Å². The lowest BCUT2D eigenvalue weighted by molar-refractivity contribution is -0.0292. The highest BCUT2D eigenvalue weighted by Gasteiger charge is 2.45. The second-order valence-corrected chi connectivity index (χ2v) is 7.76. The first-order valence-corrected chi connectivity index (χ1v) is 9.75. The maximum atomic E-state index is 11.4. The van der Waals surface area contributed by atoms with E-state index in [9.17, 15) is 5.11 Å². The van der Waals surface area contributed by atoms with E-state index in [2.05, 4.69) is 32.6 Å². The van der Waals surface area contributed by atoms with E-state index in [1.807, 2.05) is 31.2 Å². The van der Waals surface area contributed by atoms with Crippen LogP contribution in [0.15, 0.2) is 54.3 Å². The molecule has 1 N–H and O–H groups in total. The van der Waals surface area contributed by atoms with E-state index in [1.54, 1.807) is 0 Å². The zero-order valence-corrected chi connectivity index (χ0v) is 16.5. The molecule has 144 valence electrons. The number of unbranched alkanes of at least 4 members (excludes halogenated alkanes) is 1. The fraction of sp³-hybridized carbons (Fsp3) is 0.565. The molecule has 0 aromatic heterocycles. The fourth-order valence-electron chi connectivity index (χ4n) is 3.53. The number of hydrogen-bond donors (Lipinski definition) is 1. The third-order valence-corrected chi connectivity index (χ3v) is 5.16. The molecule has 1 aromatic carbocycles. The Kier molecular flexibility index (Phi) is 7.92. The van der Waals surface area contributed by atoms with Gasteiger partial charge >= 0.3 is 0 Å². The summed E-state index contributed by atoms with van der Waals surface area (Å²) < 4.78 is 12.0. The molecule has 26 heavy (non-hydrogen) atoms. The molecule has 0 bridgehead atoms. The summed E-state index contributed by atoms with van der Waals surface area (Å²) in [5, 5.41) is 11.4. The lowest BCUT2D eigenvalue weighted by Gasteiger charge is -2.31. The van der Waals surface area contributed by atoms with E-state index in [-0.39, 0.29) is 5.92 Å². The van der Waals surface area contributed by atoms with Crippen molar-refractivity contribution < 1.29 is 14.6 Å². The molecule has 0 saturated heterocycles. The van der Waals surface area contributed by atoms with Crippen LogP contribution in [-0.4, -0.2) is 23.9 Å². The predicted octanol–water partition coefficient (Wildman–Crippen LogP) is 5.26. The largest absolute Gasteiger partial charge is 0.498 e. The van der Waals surface area contributed by atoms with Crippen LogP contribution in [0.1, 0.15) is 52.0 Å². The number of benzene rings is 1. The maximum absolute atomic E-state index is 11.4. The van der Waals surface area contributed by atoms with Crippen LogP contribution in [0, 0.1) is 11.8 Å². The minimum absolute atomic E-state index is 0.0400. The monoisotopic (exact) mass is 358 g/mol. The van der Waals surface area contributed by atoms with Crippen LogP contribution in [0.25, 0.3) is 0 Å². The van der Waals surface area contributed by atoms with E-state index in [1.165, 1.54) is 0 Å². The molecule has 2 unspecified atom stereocenters. The van der Waals surface area contributed by atoms with Crippen LogP contribution in [0.5, 0.6) is 0 Å². The first-order valence-electron chi connectivity index (χ1n) is 9.75. The lowest BCUT2D eigenvalue weighted by Crippen LogP contribution is -2.38. The molecule has 1 aliphatic rings. The van der Waals surface area contributed by atoms with Gasteiger partial charge in [-0.2, -0.15) is 0 Å². The first kappa shape index (κ1) is 20.7. The van der Waals surface area contributed by atoms with Gasteiger partial charge in [-0.05, 0) is 43.2 Å². The Morgan fingerprint density at radius 1 is 1.31 bits per heavy atom. The molecule has 0 amide bonds. The summed E-state index contributed by atoms with van der Waals surface area (Å²) in [5.74, 6) is 1.46. The molecular weight excluding hydrogens is 324 g/mol. The lowest BCUT2D eigenvalue weighted by atomic mass is 9.82. The summed E-state index contributed by atoms with van der Waals surface area (Å²) in [7, 11) is 0. The van der Waals surface area contributed by atoms with Gasteiger partial charge in [0.25, 0.3) is 0 Å². The molecule has 0 aliphatic heterocycles. The average Bonchev–Trinajstić information content (AvgIpc) is 2.86. The molecule has 3 heteroatoms. The second kappa shape index (κ2) is 9.94. The number of hydrogen-bond acceptors (Lipinski definition) is 3. The van der Waals surface area contributed by atoms with Crippen molar-refractivity contribution in [2.45, 2.75) is 58.7 Å². The Morgan fingerprint density at radius 2 is 2.04 bits per heavy atom. The maximum Gasteiger partial charge on any atom is 0.0982 e. The third kappa shape index (κ3) is 5.46. The highest BCUT2D eigenvalue weighted by molar-refractivity contribution is 5.28. The van der Waals surface area contributed by atoms with Crippen LogP contribution in [0.4, 0.5) is 0 Å². The van der Waals surface area contributed by atoms with Crippen molar-refractivity contribution in [3.05, 3.63) is 59.9 Å². The number of aliphatic hydroxyl groups is 1. The summed E-state index contributed by atoms with van der Waals surface area (Å²) in [6.45, 7) is 11.9. The fourth-order valence-corrected chi connectivity index (χ4v) is 3.53. The van der Waals surface area contributed by atoms with Crippen LogP contribution in [0.3, 0.4) is 0 Å². The van der Waals surface area contributed by atoms with E-state index >= 15 is 0 Å². The summed E-state index contributed by atoms with van der Waals surface area (Å²) in [6.07, 6.45) is 5.21. The Bertz CT molecular complexity index is 591. The molecule has 0 heterocycles. The van der Waals surface area contributed by atoms with Crippen LogP contribution in [0.2, 0.25) is 0 Å². The Labute approximate surface area is 158 Å². The normalized spacial score (nSPS) is 22.9. The summed E-state index contributed by atoms with van der Waals surface area (Å²) >= 11 is 0. The average molecular weight is 359 g/mol. The van der Waals surface area contributed by atoms with Crippen molar-refractivity contribution >= 4 is 0 Å². The summed E-state index contributed by atoms with van der Waals surface area (Å²) in [4.78, 5) is 0. The summed E-state index contributed by atoms with van der Waals surface area (Å²) in [6, 6.07) is 10.2. The van der Waals surface area contributed by atoms with E-state index in [0.29, 0.717) is 25.7 Å². The first-order chi connectivity index (χ1) is 12.5. The Morgan fingerprint density at radius 3 is 2.69 bits per heavy atom. The SMILES string of the molecule is C=CCCCC1(O)C(C)=C(OCC(C)C)CC1COCc1ccccc1. The van der Waals surface area contributed by atoms with Gasteiger partial charge in [-0.1, -0.05) is 50.3 Å². The van der Waals surface area contributed by atoms with E-state index < -0.39 is 5.60 Å². The quantitative estimate of drug-likeness (QED) is 0.433. The highest BCUT2D eigenvalue weighted by Crippen LogP contribution is 2.44. The van der Waals surface area contributed by atoms with Gasteiger partial charge in [0.1, 0.15) is 0 Å². The van der Waals surface area contributed by atoms with E-state index in [4.69, 9.17) is 9.47 Å². The number of allylic oxidation sites excluding steroid dienone is 2. The Balaban J connectivity index is 2.01. The van der Waals surface area contributed by atoms with Crippen LogP contribution >= 0.6 is 0 Å². The van der Waals surface area contributed by atoms with Crippen molar-refractivity contribution in [3.8, 4) is 0 Å². The number of ether oxygens (including phenoxy) is 2. The van der Waals surface area contributed by atoms with Gasteiger partial charge in [0.15, 0.2) is 0 Å². The molecule has 2 atom stereocenters. The molecule has 1 aliphatic carbocycles. The summed E-state index contributed by atoms with van der Waals surface area (Å²) in [5.41, 5.74) is 1.30. The molecule has 2 rings (SSSR count). The zero-order chi connectivity index (χ0) is 19.0. The van der Waals surface area contributed by atoms with Gasteiger partial charge in [0.2, 0.25) is 0 Å². The highest BCUT2D eigenvalue weighted by atomic mass is 16.5. The molecule has 1 aromatic rings. The molecule has 0 saturated carbocycles. The van der Waals surface area contributed by atoms with Gasteiger partial charge in [-0.3, -0.25) is 0 Å². The van der Waals surface area contributed by atoms with Crippen molar-refractivity contribution in [1.82, 2.24) is 0 Å². The second-order valence-electron chi connectivity index (χ2n) is 7.76. The molecule has 3 nitrogen and oxygen atoms in total. The third-order valence-electron chi connectivity index (χ3n) is 5.16. The van der Waals surface area contributed by atoms with Crippen LogP contribution < -0.4 is 0 Å². The van der Waals surface area contributed by atoms with Crippen LogP contribution in [-0.2, 0) is 16.1 Å². The molecule has 0 radical (unpaired) electrons. The van der Waals surface area contributed by atoms with Crippen molar-refractivity contribution in [2.24, 2.45) is 11.8 Å². The van der Waals surface area contributed by atoms with Gasteiger partial charge in [0.05, 0.1) is 31.2 Å². The minimum atomic E-state index is -0.841. The van der Waals surface area contributed by atoms with Crippen molar-refractivity contribution in [2.75, 3.05) is 13.2 Å². The Hall–Kier alpha value is -1.58. The molecule has 0 spiro atoms. The van der Waals surface area contributed by atoms with Gasteiger partial charge in [-0.25, -0.2) is 0 Å². The van der Waals surface area contributed by atoms with E-state index in [0.717, 1.165) is 42.6 Å². The molecular formula is C23H34O3. The standard InChI is InChI=1S/C23H34O3/c1-5-6-10-13-23(24)19(4)22(26-15-18(2)3)14-21(23)17-25-16-20-11-8-7-9-12-20/h5,7-9,11-12,18,21,24H,1,6,10,13-17H2,2-4H3. The zero-order valence-electron chi connectivity index (χ0n) is 16.5. The van der Waals surface area contributed by atoms with Crippen molar-refractivity contribution in [3.63, 3.8) is 0 Å². The van der Waals surface area contributed by atoms with Gasteiger partial charge in [-0.15, -0.1) is 6.58 Å². The topological polar surface area (TPSA) is 38.7 Å². The van der Waals surface area contributed by atoms with Gasteiger partial charge in [0, 0.05) is 12.3 Å². The minimum Gasteiger partial charge on any atom is -0.498 e. The molecule has 0 fully saturated rings. The smallest absolute Gasteiger partial charge is 0.0982 e.